The quantitative estimate of drug-likeness (QED) is 0.311. The number of anilines is 1. The van der Waals surface area contributed by atoms with Crippen LogP contribution in [0.2, 0.25) is 0 Å². The summed E-state index contributed by atoms with van der Waals surface area (Å²) in [7, 11) is -3.93. The number of ether oxygens (including phenoxy) is 2. The number of halogens is 1. The molecule has 9 nitrogen and oxygen atoms in total. The molecule has 2 aliphatic rings. The first-order valence-corrected chi connectivity index (χ1v) is 16.6. The average Bonchev–Trinajstić information content (AvgIpc) is 3.51. The van der Waals surface area contributed by atoms with Crippen LogP contribution in [0.15, 0.2) is 72.8 Å². The Kier molecular flexibility index (Phi) is 10.0. The number of sulfonamides is 1. The minimum Gasteiger partial charge on any atom is -0.454 e. The minimum absolute atomic E-state index is 0.00268. The first-order chi connectivity index (χ1) is 21.2. The van der Waals surface area contributed by atoms with E-state index in [1.54, 1.807) is 24.3 Å². The van der Waals surface area contributed by atoms with Crippen LogP contribution in [0.25, 0.3) is 0 Å². The van der Waals surface area contributed by atoms with Crippen LogP contribution in [0.1, 0.15) is 50.2 Å². The van der Waals surface area contributed by atoms with E-state index < -0.39 is 34.3 Å². The van der Waals surface area contributed by atoms with Crippen molar-refractivity contribution in [3.8, 4) is 11.5 Å². The number of hydrogen-bond acceptors (Lipinski definition) is 6. The first-order valence-electron chi connectivity index (χ1n) is 15.0. The van der Waals surface area contributed by atoms with Crippen molar-refractivity contribution < 1.29 is 31.9 Å². The number of fused-ring (bicyclic) bond motifs is 1. The molecule has 0 spiro atoms. The van der Waals surface area contributed by atoms with Crippen molar-refractivity contribution >= 4 is 27.5 Å². The van der Waals surface area contributed by atoms with E-state index in [1.165, 1.54) is 30.0 Å². The van der Waals surface area contributed by atoms with E-state index in [9.17, 15) is 22.4 Å². The van der Waals surface area contributed by atoms with Crippen LogP contribution in [0.4, 0.5) is 10.1 Å². The summed E-state index contributed by atoms with van der Waals surface area (Å²) in [5.74, 6) is -0.682. The second-order valence-electron chi connectivity index (χ2n) is 11.1. The summed E-state index contributed by atoms with van der Waals surface area (Å²) in [6.45, 7) is 0.960. The molecule has 1 atom stereocenters. The van der Waals surface area contributed by atoms with Gasteiger partial charge in [0.1, 0.15) is 18.4 Å². The van der Waals surface area contributed by atoms with Gasteiger partial charge in [-0.25, -0.2) is 12.8 Å². The fraction of sp³-hybridized carbons (Fsp3) is 0.394. The lowest BCUT2D eigenvalue weighted by atomic mass is 9.94. The maximum atomic E-state index is 14.3. The van der Waals surface area contributed by atoms with Crippen LogP contribution in [-0.4, -0.2) is 56.3 Å². The molecular weight excluding hydrogens is 585 g/mol. The summed E-state index contributed by atoms with van der Waals surface area (Å²) in [4.78, 5) is 29.8. The van der Waals surface area contributed by atoms with E-state index in [0.717, 1.165) is 42.0 Å². The zero-order valence-electron chi connectivity index (χ0n) is 24.8. The second-order valence-corrected chi connectivity index (χ2v) is 13.3. The number of carbonyl (C=O) groups excluding carboxylic acids is 2. The number of amides is 2. The summed E-state index contributed by atoms with van der Waals surface area (Å²) in [5, 5.41) is 3.17. The number of hydrogen-bond donors (Lipinski definition) is 1. The fourth-order valence-electron chi connectivity index (χ4n) is 5.64. The highest BCUT2D eigenvalue weighted by molar-refractivity contribution is 7.92. The lowest BCUT2D eigenvalue weighted by Crippen LogP contribution is -2.55. The third kappa shape index (κ3) is 7.68. The Morgan fingerprint density at radius 1 is 0.932 bits per heavy atom. The van der Waals surface area contributed by atoms with Crippen molar-refractivity contribution in [1.82, 2.24) is 10.2 Å². The smallest absolute Gasteiger partial charge is 0.244 e. The maximum Gasteiger partial charge on any atom is 0.244 e. The lowest BCUT2D eigenvalue weighted by molar-refractivity contribution is -0.140. The highest BCUT2D eigenvalue weighted by Gasteiger charge is 2.35. The molecule has 1 heterocycles. The summed E-state index contributed by atoms with van der Waals surface area (Å²) < 4.78 is 52.4. The SMILES string of the molecule is CCS(=O)(=O)N(CC(=O)N(Cc1ccc(F)cc1)[C@@H](Cc1ccccc1)C(=O)NC1CCCCC1)c1ccc2c(c1)OCO2. The first kappa shape index (κ1) is 31.3. The molecule has 5 rings (SSSR count). The molecule has 234 valence electrons. The Labute approximate surface area is 258 Å². The Balaban J connectivity index is 1.51. The second kappa shape index (κ2) is 14.1. The molecule has 3 aromatic carbocycles. The van der Waals surface area contributed by atoms with Gasteiger partial charge in [0, 0.05) is 25.1 Å². The van der Waals surface area contributed by atoms with Crippen molar-refractivity contribution in [1.29, 1.82) is 0 Å². The van der Waals surface area contributed by atoms with E-state index >= 15 is 0 Å². The lowest BCUT2D eigenvalue weighted by Gasteiger charge is -2.35. The van der Waals surface area contributed by atoms with Crippen LogP contribution in [0, 0.1) is 5.82 Å². The van der Waals surface area contributed by atoms with Crippen molar-refractivity contribution in [2.24, 2.45) is 0 Å². The highest BCUT2D eigenvalue weighted by Crippen LogP contribution is 2.36. The predicted molar refractivity (Wildman–Crippen MR) is 165 cm³/mol. The van der Waals surface area contributed by atoms with Crippen LogP contribution in [-0.2, 0) is 32.6 Å². The summed E-state index contributed by atoms with van der Waals surface area (Å²) in [6, 6.07) is 18.9. The molecule has 3 aromatic rings. The highest BCUT2D eigenvalue weighted by atomic mass is 32.2. The Morgan fingerprint density at radius 3 is 2.34 bits per heavy atom. The van der Waals surface area contributed by atoms with Crippen LogP contribution >= 0.6 is 0 Å². The van der Waals surface area contributed by atoms with Crippen LogP contribution in [0.3, 0.4) is 0 Å². The minimum atomic E-state index is -3.93. The molecule has 0 radical (unpaired) electrons. The summed E-state index contributed by atoms with van der Waals surface area (Å²) in [5.41, 5.74) is 1.70. The average molecular weight is 624 g/mol. The van der Waals surface area contributed by atoms with E-state index in [4.69, 9.17) is 9.47 Å². The van der Waals surface area contributed by atoms with E-state index in [0.29, 0.717) is 17.1 Å². The van der Waals surface area contributed by atoms with Gasteiger partial charge in [-0.3, -0.25) is 13.9 Å². The van der Waals surface area contributed by atoms with Gasteiger partial charge in [0.2, 0.25) is 28.6 Å². The van der Waals surface area contributed by atoms with E-state index in [1.807, 2.05) is 30.3 Å². The largest absolute Gasteiger partial charge is 0.454 e. The van der Waals surface area contributed by atoms with Gasteiger partial charge < -0.3 is 19.7 Å². The Morgan fingerprint density at radius 2 is 1.64 bits per heavy atom. The normalized spacial score (nSPS) is 15.4. The molecule has 0 aromatic heterocycles. The molecule has 1 saturated carbocycles. The zero-order valence-corrected chi connectivity index (χ0v) is 25.6. The number of nitrogens with one attached hydrogen (secondary N) is 1. The fourth-order valence-corrected chi connectivity index (χ4v) is 6.70. The molecule has 2 amide bonds. The van der Waals surface area contributed by atoms with Crippen molar-refractivity contribution in [2.45, 2.75) is 64.1 Å². The van der Waals surface area contributed by atoms with Crippen molar-refractivity contribution in [3.05, 3.63) is 89.7 Å². The van der Waals surface area contributed by atoms with E-state index in [-0.39, 0.29) is 43.1 Å². The molecule has 0 bridgehead atoms. The summed E-state index contributed by atoms with van der Waals surface area (Å²) in [6.07, 6.45) is 5.11. The van der Waals surface area contributed by atoms with Gasteiger partial charge >= 0.3 is 0 Å². The van der Waals surface area contributed by atoms with Gasteiger partial charge in [0.25, 0.3) is 0 Å². The number of nitrogens with zero attached hydrogens (tertiary/aromatic N) is 2. The zero-order chi connectivity index (χ0) is 31.1. The summed E-state index contributed by atoms with van der Waals surface area (Å²) >= 11 is 0. The maximum absolute atomic E-state index is 14.3. The molecule has 1 N–H and O–H groups in total. The molecule has 1 aliphatic heterocycles. The number of carbonyl (C=O) groups is 2. The molecule has 44 heavy (non-hydrogen) atoms. The van der Waals surface area contributed by atoms with E-state index in [2.05, 4.69) is 5.32 Å². The molecular formula is C33H38FN3O6S. The van der Waals surface area contributed by atoms with Gasteiger partial charge in [-0.15, -0.1) is 0 Å². The van der Waals surface area contributed by atoms with Crippen LogP contribution < -0.4 is 19.1 Å². The van der Waals surface area contributed by atoms with Gasteiger partial charge in [-0.05, 0) is 55.2 Å². The Hall–Kier alpha value is -4.12. The van der Waals surface area contributed by atoms with Gasteiger partial charge in [-0.2, -0.15) is 0 Å². The third-order valence-electron chi connectivity index (χ3n) is 8.11. The van der Waals surface area contributed by atoms with Crippen molar-refractivity contribution in [3.63, 3.8) is 0 Å². The molecule has 0 saturated heterocycles. The Bertz CT molecular complexity index is 1550. The molecule has 1 fully saturated rings. The topological polar surface area (TPSA) is 105 Å². The van der Waals surface area contributed by atoms with Crippen LogP contribution in [0.5, 0.6) is 11.5 Å². The molecule has 1 aliphatic carbocycles. The number of rotatable bonds is 12. The third-order valence-corrected chi connectivity index (χ3v) is 9.85. The predicted octanol–water partition coefficient (Wildman–Crippen LogP) is 4.80. The molecule has 11 heteroatoms. The standard InChI is InChI=1S/C33H38FN3O6S/c1-2-44(40,41)37(28-17-18-30-31(20-28)43-23-42-30)22-32(38)36(21-25-13-15-26(34)16-14-25)29(19-24-9-5-3-6-10-24)33(39)35-27-11-7-4-8-12-27/h3,5-6,9-10,13-18,20,27,29H,2,4,7-8,11-12,19,21-23H2,1H3,(H,35,39)/t29-/m0/s1. The van der Waals surface area contributed by atoms with Crippen molar-refractivity contribution in [2.75, 3.05) is 23.4 Å². The van der Waals surface area contributed by atoms with Gasteiger partial charge in [0.15, 0.2) is 11.5 Å². The monoisotopic (exact) mass is 623 g/mol. The van der Waals surface area contributed by atoms with Gasteiger partial charge in [-0.1, -0.05) is 61.7 Å². The number of benzene rings is 3. The van der Waals surface area contributed by atoms with Gasteiger partial charge in [0.05, 0.1) is 11.4 Å². The molecule has 0 unspecified atom stereocenters.